The van der Waals surface area contributed by atoms with Gasteiger partial charge in [-0.2, -0.15) is 0 Å². The minimum atomic E-state index is -4.05. The Hall–Kier alpha value is -2.29. The number of anilines is 1. The number of carbonyl (C=O) groups excluding carboxylic acids is 1. The van der Waals surface area contributed by atoms with Crippen LogP contribution in [0.15, 0.2) is 18.2 Å². The zero-order valence-corrected chi connectivity index (χ0v) is 11.6. The van der Waals surface area contributed by atoms with Gasteiger partial charge < -0.3 is 14.6 Å². The van der Waals surface area contributed by atoms with Crippen LogP contribution in [0.4, 0.5) is 5.69 Å². The SMILES string of the molecule is COC(=O)CS(=O)(=O)Nc1ccc(OC)cc1C(=O)O. The van der Waals surface area contributed by atoms with Crippen molar-refractivity contribution in [2.75, 3.05) is 24.7 Å². The number of methoxy groups -OCH3 is 2. The van der Waals surface area contributed by atoms with Crippen molar-refractivity contribution in [1.29, 1.82) is 0 Å². The average molecular weight is 303 g/mol. The summed E-state index contributed by atoms with van der Waals surface area (Å²) in [5, 5.41) is 9.03. The molecule has 0 aromatic heterocycles. The van der Waals surface area contributed by atoms with E-state index in [9.17, 15) is 18.0 Å². The van der Waals surface area contributed by atoms with Crippen molar-refractivity contribution in [3.05, 3.63) is 23.8 Å². The molecule has 0 aliphatic rings. The molecule has 0 unspecified atom stereocenters. The fourth-order valence-corrected chi connectivity index (χ4v) is 2.35. The van der Waals surface area contributed by atoms with Gasteiger partial charge in [0.05, 0.1) is 25.5 Å². The Balaban J connectivity index is 3.08. The Bertz CT molecular complexity index is 624. The van der Waals surface area contributed by atoms with Crippen molar-refractivity contribution in [2.45, 2.75) is 0 Å². The average Bonchev–Trinajstić information content (AvgIpc) is 2.37. The second-order valence-corrected chi connectivity index (χ2v) is 5.38. The normalized spacial score (nSPS) is 10.7. The summed E-state index contributed by atoms with van der Waals surface area (Å²) in [7, 11) is -1.65. The predicted octanol–water partition coefficient (Wildman–Crippen LogP) is 0.308. The third-order valence-corrected chi connectivity index (χ3v) is 3.40. The molecule has 0 amide bonds. The highest BCUT2D eigenvalue weighted by Crippen LogP contribution is 2.23. The number of hydrogen-bond donors (Lipinski definition) is 2. The number of esters is 1. The van der Waals surface area contributed by atoms with Gasteiger partial charge in [0.2, 0.25) is 10.0 Å². The summed E-state index contributed by atoms with van der Waals surface area (Å²) in [6.07, 6.45) is 0. The van der Waals surface area contributed by atoms with Crippen LogP contribution in [-0.4, -0.2) is 45.4 Å². The second kappa shape index (κ2) is 6.24. The summed E-state index contributed by atoms with van der Waals surface area (Å²) in [6.45, 7) is 0. The number of hydrogen-bond acceptors (Lipinski definition) is 6. The lowest BCUT2D eigenvalue weighted by Crippen LogP contribution is -2.24. The number of carboxylic acids is 1. The summed E-state index contributed by atoms with van der Waals surface area (Å²) in [5.74, 6) is -2.94. The number of aromatic carboxylic acids is 1. The molecule has 8 nitrogen and oxygen atoms in total. The summed E-state index contributed by atoms with van der Waals surface area (Å²) in [4.78, 5) is 22.0. The zero-order valence-electron chi connectivity index (χ0n) is 10.7. The van der Waals surface area contributed by atoms with E-state index < -0.39 is 27.7 Å². The Morgan fingerprint density at radius 1 is 1.30 bits per heavy atom. The molecule has 0 bridgehead atoms. The highest BCUT2D eigenvalue weighted by atomic mass is 32.2. The summed E-state index contributed by atoms with van der Waals surface area (Å²) >= 11 is 0. The number of benzene rings is 1. The molecule has 9 heteroatoms. The van der Waals surface area contributed by atoms with Crippen LogP contribution < -0.4 is 9.46 Å². The van der Waals surface area contributed by atoms with Crippen molar-refractivity contribution in [2.24, 2.45) is 0 Å². The number of carbonyl (C=O) groups is 2. The van der Waals surface area contributed by atoms with E-state index in [-0.39, 0.29) is 17.0 Å². The fourth-order valence-electron chi connectivity index (χ4n) is 1.33. The number of sulfonamides is 1. The molecule has 1 aromatic carbocycles. The van der Waals surface area contributed by atoms with Crippen LogP contribution in [0.1, 0.15) is 10.4 Å². The van der Waals surface area contributed by atoms with Crippen molar-refractivity contribution in [3.63, 3.8) is 0 Å². The van der Waals surface area contributed by atoms with Crippen molar-refractivity contribution in [3.8, 4) is 5.75 Å². The minimum absolute atomic E-state index is 0.165. The lowest BCUT2D eigenvalue weighted by atomic mass is 10.2. The molecule has 2 N–H and O–H groups in total. The molecule has 0 spiro atoms. The maximum atomic E-state index is 11.7. The van der Waals surface area contributed by atoms with Gasteiger partial charge in [-0.1, -0.05) is 0 Å². The zero-order chi connectivity index (χ0) is 15.3. The van der Waals surface area contributed by atoms with Crippen LogP contribution in [0.3, 0.4) is 0 Å². The van der Waals surface area contributed by atoms with Crippen molar-refractivity contribution in [1.82, 2.24) is 0 Å². The first-order valence-electron chi connectivity index (χ1n) is 5.27. The van der Waals surface area contributed by atoms with E-state index in [0.717, 1.165) is 7.11 Å². The Labute approximate surface area is 115 Å². The summed E-state index contributed by atoms with van der Waals surface area (Å²) in [6, 6.07) is 3.79. The van der Waals surface area contributed by atoms with Crippen LogP contribution >= 0.6 is 0 Å². The van der Waals surface area contributed by atoms with Crippen molar-refractivity contribution >= 4 is 27.6 Å². The molecule has 0 saturated heterocycles. The highest BCUT2D eigenvalue weighted by Gasteiger charge is 2.20. The monoisotopic (exact) mass is 303 g/mol. The molecule has 0 fully saturated rings. The van der Waals surface area contributed by atoms with Gasteiger partial charge in [0, 0.05) is 0 Å². The quantitative estimate of drug-likeness (QED) is 0.726. The predicted molar refractivity (Wildman–Crippen MR) is 69.4 cm³/mol. The number of nitrogens with one attached hydrogen (secondary N) is 1. The van der Waals surface area contributed by atoms with Crippen LogP contribution in [-0.2, 0) is 19.6 Å². The Morgan fingerprint density at radius 2 is 1.95 bits per heavy atom. The molecule has 0 radical (unpaired) electrons. The van der Waals surface area contributed by atoms with Gasteiger partial charge in [-0.05, 0) is 18.2 Å². The molecule has 0 aliphatic carbocycles. The fraction of sp³-hybridized carbons (Fsp3) is 0.273. The Kier molecular flexibility index (Phi) is 4.92. The van der Waals surface area contributed by atoms with E-state index in [1.54, 1.807) is 0 Å². The van der Waals surface area contributed by atoms with E-state index in [2.05, 4.69) is 4.74 Å². The topological polar surface area (TPSA) is 119 Å². The van der Waals surface area contributed by atoms with Crippen molar-refractivity contribution < 1.29 is 32.6 Å². The lowest BCUT2D eigenvalue weighted by Gasteiger charge is -2.11. The van der Waals surface area contributed by atoms with Gasteiger partial charge >= 0.3 is 11.9 Å². The number of rotatable bonds is 6. The van der Waals surface area contributed by atoms with Gasteiger partial charge in [0.1, 0.15) is 5.75 Å². The number of carboxylic acid groups (broad SMARTS) is 1. The summed E-state index contributed by atoms with van der Waals surface area (Å²) < 4.78 is 34.4. The molecule has 20 heavy (non-hydrogen) atoms. The minimum Gasteiger partial charge on any atom is -0.497 e. The number of ether oxygens (including phenoxy) is 2. The maximum absolute atomic E-state index is 11.7. The van der Waals surface area contributed by atoms with Gasteiger partial charge in [-0.25, -0.2) is 13.2 Å². The molecule has 1 rings (SSSR count). The summed E-state index contributed by atoms with van der Waals surface area (Å²) in [5.41, 5.74) is -0.458. The van der Waals surface area contributed by atoms with E-state index in [0.29, 0.717) is 0 Å². The van der Waals surface area contributed by atoms with Crippen LogP contribution in [0.5, 0.6) is 5.75 Å². The molecule has 0 heterocycles. The molecule has 0 aliphatic heterocycles. The first-order chi connectivity index (χ1) is 9.29. The van der Waals surface area contributed by atoms with E-state index in [4.69, 9.17) is 9.84 Å². The molecule has 0 atom stereocenters. The van der Waals surface area contributed by atoms with Crippen LogP contribution in [0.2, 0.25) is 0 Å². The third-order valence-electron chi connectivity index (χ3n) is 2.26. The molecule has 1 aromatic rings. The van der Waals surface area contributed by atoms with Gasteiger partial charge in [-0.15, -0.1) is 0 Å². The van der Waals surface area contributed by atoms with E-state index >= 15 is 0 Å². The largest absolute Gasteiger partial charge is 0.497 e. The second-order valence-electron chi connectivity index (χ2n) is 3.65. The van der Waals surface area contributed by atoms with Crippen LogP contribution in [0.25, 0.3) is 0 Å². The molecule has 110 valence electrons. The van der Waals surface area contributed by atoms with Crippen LogP contribution in [0, 0.1) is 0 Å². The van der Waals surface area contributed by atoms with Gasteiger partial charge in [0.15, 0.2) is 5.75 Å². The first kappa shape index (κ1) is 15.8. The standard InChI is InChI=1S/C11H13NO7S/c1-18-7-3-4-9(8(5-7)11(14)15)12-20(16,17)6-10(13)19-2/h3-5,12H,6H2,1-2H3,(H,14,15). The van der Waals surface area contributed by atoms with E-state index in [1.165, 1.54) is 25.3 Å². The smallest absolute Gasteiger partial charge is 0.337 e. The van der Waals surface area contributed by atoms with E-state index in [1.807, 2.05) is 4.72 Å². The third kappa shape index (κ3) is 4.12. The first-order valence-corrected chi connectivity index (χ1v) is 6.93. The van der Waals surface area contributed by atoms with Gasteiger partial charge in [-0.3, -0.25) is 9.52 Å². The Morgan fingerprint density at radius 3 is 2.45 bits per heavy atom. The van der Waals surface area contributed by atoms with Gasteiger partial charge in [0.25, 0.3) is 0 Å². The molecular weight excluding hydrogens is 290 g/mol. The highest BCUT2D eigenvalue weighted by molar-refractivity contribution is 7.93. The lowest BCUT2D eigenvalue weighted by molar-refractivity contribution is -0.137. The maximum Gasteiger partial charge on any atom is 0.337 e. The molecular formula is C11H13NO7S. The molecule has 0 saturated carbocycles.